The van der Waals surface area contributed by atoms with Crippen molar-refractivity contribution in [2.75, 3.05) is 0 Å². The maximum Gasteiger partial charge on any atom is 0.0840 e. The Labute approximate surface area is 105 Å². The van der Waals surface area contributed by atoms with E-state index in [9.17, 15) is 0 Å². The lowest BCUT2D eigenvalue weighted by Crippen LogP contribution is -2.06. The van der Waals surface area contributed by atoms with Crippen LogP contribution in [0.25, 0.3) is 0 Å². The highest BCUT2D eigenvalue weighted by Gasteiger charge is 2.11. The third-order valence-corrected chi connectivity index (χ3v) is 3.62. The van der Waals surface area contributed by atoms with Crippen LogP contribution < -0.4 is 0 Å². The molecular formula is C9H10Br2N4. The van der Waals surface area contributed by atoms with E-state index >= 15 is 0 Å². The lowest BCUT2D eigenvalue weighted by Gasteiger charge is -2.02. The topological polar surface area (TPSA) is 35.6 Å². The summed E-state index contributed by atoms with van der Waals surface area (Å²) in [6.07, 6.45) is 3.71. The first-order chi connectivity index (χ1) is 7.08. The average molecular weight is 334 g/mol. The molecule has 0 aliphatic rings. The van der Waals surface area contributed by atoms with Crippen LogP contribution in [-0.2, 0) is 13.6 Å². The van der Waals surface area contributed by atoms with E-state index in [4.69, 9.17) is 0 Å². The van der Waals surface area contributed by atoms with Gasteiger partial charge in [0.15, 0.2) is 0 Å². The van der Waals surface area contributed by atoms with Gasteiger partial charge in [-0.2, -0.15) is 10.2 Å². The highest BCUT2D eigenvalue weighted by atomic mass is 79.9. The Morgan fingerprint density at radius 1 is 1.40 bits per heavy atom. The Bertz CT molecular complexity index is 486. The van der Waals surface area contributed by atoms with E-state index in [1.165, 1.54) is 0 Å². The molecule has 80 valence electrons. The molecule has 0 N–H and O–H groups in total. The fourth-order valence-corrected chi connectivity index (χ4v) is 2.22. The number of hydrogen-bond donors (Lipinski definition) is 0. The molecule has 0 saturated heterocycles. The third-order valence-electron chi connectivity index (χ3n) is 2.18. The van der Waals surface area contributed by atoms with Gasteiger partial charge < -0.3 is 0 Å². The van der Waals surface area contributed by atoms with Crippen LogP contribution in [0.15, 0.2) is 21.3 Å². The lowest BCUT2D eigenvalue weighted by atomic mass is 10.3. The summed E-state index contributed by atoms with van der Waals surface area (Å²) in [7, 11) is 1.94. The van der Waals surface area contributed by atoms with Crippen molar-refractivity contribution in [3.05, 3.63) is 32.7 Å². The summed E-state index contributed by atoms with van der Waals surface area (Å²) in [6, 6.07) is 0. The molecule has 2 rings (SSSR count). The second-order valence-electron chi connectivity index (χ2n) is 3.33. The zero-order valence-electron chi connectivity index (χ0n) is 8.41. The van der Waals surface area contributed by atoms with Crippen LogP contribution in [0.5, 0.6) is 0 Å². The molecule has 0 aliphatic carbocycles. The molecule has 0 saturated carbocycles. The van der Waals surface area contributed by atoms with Crippen molar-refractivity contribution in [1.82, 2.24) is 19.6 Å². The minimum atomic E-state index is 0.712. The van der Waals surface area contributed by atoms with Crippen molar-refractivity contribution in [3.63, 3.8) is 0 Å². The second-order valence-corrected chi connectivity index (χ2v) is 5.03. The molecular weight excluding hydrogens is 324 g/mol. The Hall–Kier alpha value is -0.620. The number of rotatable bonds is 2. The summed E-state index contributed by atoms with van der Waals surface area (Å²) in [5.74, 6) is 0. The van der Waals surface area contributed by atoms with Crippen LogP contribution in [0.2, 0.25) is 0 Å². The standard InChI is InChI=1S/C9H10Br2N4/c1-6-9(11)8(14(2)13-6)5-15-4-7(10)3-12-15/h3-4H,5H2,1-2H3. The minimum absolute atomic E-state index is 0.712. The molecule has 2 aromatic heterocycles. The molecule has 0 atom stereocenters. The Balaban J connectivity index is 2.31. The smallest absolute Gasteiger partial charge is 0.0840 e. The Kier molecular flexibility index (Phi) is 2.97. The molecule has 4 nitrogen and oxygen atoms in total. The first-order valence-corrected chi connectivity index (χ1v) is 6.02. The zero-order valence-corrected chi connectivity index (χ0v) is 11.6. The molecule has 2 heterocycles. The number of aryl methyl sites for hydroxylation is 2. The predicted molar refractivity (Wildman–Crippen MR) is 64.7 cm³/mol. The summed E-state index contributed by atoms with van der Waals surface area (Å²) in [4.78, 5) is 0. The van der Waals surface area contributed by atoms with Gasteiger partial charge in [-0.1, -0.05) is 0 Å². The van der Waals surface area contributed by atoms with Gasteiger partial charge in [-0.3, -0.25) is 9.36 Å². The maximum atomic E-state index is 4.33. The molecule has 0 aliphatic heterocycles. The van der Waals surface area contributed by atoms with E-state index in [1.54, 1.807) is 6.20 Å². The van der Waals surface area contributed by atoms with Crippen molar-refractivity contribution in [2.45, 2.75) is 13.5 Å². The number of hydrogen-bond acceptors (Lipinski definition) is 2. The van der Waals surface area contributed by atoms with Crippen LogP contribution in [0.3, 0.4) is 0 Å². The molecule has 0 unspecified atom stereocenters. The van der Waals surface area contributed by atoms with Gasteiger partial charge in [0.25, 0.3) is 0 Å². The fraction of sp³-hybridized carbons (Fsp3) is 0.333. The summed E-state index contributed by atoms with van der Waals surface area (Å²) in [5.41, 5.74) is 2.11. The summed E-state index contributed by atoms with van der Waals surface area (Å²) in [5, 5.41) is 8.54. The van der Waals surface area contributed by atoms with E-state index in [0.29, 0.717) is 6.54 Å². The quantitative estimate of drug-likeness (QED) is 0.846. The number of nitrogens with zero attached hydrogens (tertiary/aromatic N) is 4. The van der Waals surface area contributed by atoms with E-state index in [0.717, 1.165) is 20.3 Å². The first-order valence-electron chi connectivity index (χ1n) is 4.44. The van der Waals surface area contributed by atoms with Crippen LogP contribution >= 0.6 is 31.9 Å². The van der Waals surface area contributed by atoms with E-state index in [1.807, 2.05) is 29.5 Å². The van der Waals surface area contributed by atoms with Gasteiger partial charge >= 0.3 is 0 Å². The van der Waals surface area contributed by atoms with Crippen molar-refractivity contribution in [3.8, 4) is 0 Å². The third kappa shape index (κ3) is 2.15. The number of halogens is 2. The van der Waals surface area contributed by atoms with Gasteiger partial charge in [-0.15, -0.1) is 0 Å². The maximum absolute atomic E-state index is 4.33. The second kappa shape index (κ2) is 4.09. The van der Waals surface area contributed by atoms with Crippen molar-refractivity contribution in [1.29, 1.82) is 0 Å². The monoisotopic (exact) mass is 332 g/mol. The zero-order chi connectivity index (χ0) is 11.0. The highest BCUT2D eigenvalue weighted by Crippen LogP contribution is 2.21. The Morgan fingerprint density at radius 3 is 2.60 bits per heavy atom. The van der Waals surface area contributed by atoms with Crippen LogP contribution in [0.4, 0.5) is 0 Å². The summed E-state index contributed by atoms with van der Waals surface area (Å²) in [6.45, 7) is 2.69. The fourth-order valence-electron chi connectivity index (χ4n) is 1.43. The van der Waals surface area contributed by atoms with Crippen molar-refractivity contribution in [2.24, 2.45) is 7.05 Å². The van der Waals surface area contributed by atoms with Gasteiger partial charge in [0, 0.05) is 13.2 Å². The molecule has 2 aromatic rings. The molecule has 0 amide bonds. The molecule has 0 fully saturated rings. The van der Waals surface area contributed by atoms with Gasteiger partial charge in [0.1, 0.15) is 0 Å². The van der Waals surface area contributed by atoms with E-state index in [2.05, 4.69) is 42.1 Å². The molecule has 0 radical (unpaired) electrons. The van der Waals surface area contributed by atoms with Crippen LogP contribution in [0, 0.1) is 6.92 Å². The van der Waals surface area contributed by atoms with Gasteiger partial charge in [0.05, 0.1) is 33.1 Å². The molecule has 0 spiro atoms. The normalized spacial score (nSPS) is 10.9. The molecule has 15 heavy (non-hydrogen) atoms. The van der Waals surface area contributed by atoms with Gasteiger partial charge in [0.2, 0.25) is 0 Å². The summed E-state index contributed by atoms with van der Waals surface area (Å²) >= 11 is 6.90. The van der Waals surface area contributed by atoms with Crippen molar-refractivity contribution >= 4 is 31.9 Å². The van der Waals surface area contributed by atoms with Gasteiger partial charge in [-0.25, -0.2) is 0 Å². The predicted octanol–water partition coefficient (Wildman–Crippen LogP) is 2.50. The summed E-state index contributed by atoms with van der Waals surface area (Å²) < 4.78 is 5.77. The first kappa shape index (κ1) is 10.9. The van der Waals surface area contributed by atoms with E-state index in [-0.39, 0.29) is 0 Å². The van der Waals surface area contributed by atoms with E-state index < -0.39 is 0 Å². The van der Waals surface area contributed by atoms with Crippen LogP contribution in [-0.4, -0.2) is 19.6 Å². The molecule has 6 heteroatoms. The lowest BCUT2D eigenvalue weighted by molar-refractivity contribution is 0.617. The SMILES string of the molecule is Cc1nn(C)c(Cn2cc(Br)cn2)c1Br. The average Bonchev–Trinajstić information content (AvgIpc) is 2.67. The largest absolute Gasteiger partial charge is 0.269 e. The molecule has 0 aromatic carbocycles. The van der Waals surface area contributed by atoms with Crippen molar-refractivity contribution < 1.29 is 0 Å². The highest BCUT2D eigenvalue weighted by molar-refractivity contribution is 9.10. The van der Waals surface area contributed by atoms with Crippen LogP contribution in [0.1, 0.15) is 11.4 Å². The minimum Gasteiger partial charge on any atom is -0.269 e. The number of aromatic nitrogens is 4. The van der Waals surface area contributed by atoms with Gasteiger partial charge in [-0.05, 0) is 38.8 Å². The Morgan fingerprint density at radius 2 is 2.13 bits per heavy atom. The molecule has 0 bridgehead atoms.